The molecule has 0 atom stereocenters. The first kappa shape index (κ1) is 22.3. The van der Waals surface area contributed by atoms with Crippen LogP contribution in [0.25, 0.3) is 6.08 Å². The van der Waals surface area contributed by atoms with Crippen LogP contribution in [-0.2, 0) is 16.1 Å². The highest BCUT2D eigenvalue weighted by Gasteiger charge is 2.13. The summed E-state index contributed by atoms with van der Waals surface area (Å²) in [5.41, 5.74) is 1.78. The molecule has 0 radical (unpaired) electrons. The third-order valence-corrected chi connectivity index (χ3v) is 4.92. The summed E-state index contributed by atoms with van der Waals surface area (Å²) in [4.78, 5) is 14.6. The molecule has 0 unspecified atom stereocenters. The fourth-order valence-corrected chi connectivity index (χ4v) is 3.19. The van der Waals surface area contributed by atoms with E-state index in [-0.39, 0.29) is 11.5 Å². The Morgan fingerprint density at radius 1 is 1.19 bits per heavy atom. The van der Waals surface area contributed by atoms with Gasteiger partial charge in [0.05, 0.1) is 20.3 Å². The number of hydrogen-bond acceptors (Lipinski definition) is 6. The van der Waals surface area contributed by atoms with Crippen molar-refractivity contribution >= 4 is 12.0 Å². The van der Waals surface area contributed by atoms with E-state index >= 15 is 0 Å². The van der Waals surface area contributed by atoms with E-state index in [1.54, 1.807) is 31.4 Å². The van der Waals surface area contributed by atoms with Crippen molar-refractivity contribution in [2.24, 2.45) is 0 Å². The Morgan fingerprint density at radius 2 is 1.97 bits per heavy atom. The number of rotatable bonds is 9. The molecule has 7 heteroatoms. The number of carbonyl (C=O) groups excluding carboxylic acids is 1. The van der Waals surface area contributed by atoms with Gasteiger partial charge in [0, 0.05) is 26.2 Å². The lowest BCUT2D eigenvalue weighted by Gasteiger charge is -2.26. The van der Waals surface area contributed by atoms with Crippen molar-refractivity contribution in [1.82, 2.24) is 10.2 Å². The molecule has 0 aliphatic carbocycles. The molecule has 0 aromatic heterocycles. The summed E-state index contributed by atoms with van der Waals surface area (Å²) in [6.07, 6.45) is 1.55. The van der Waals surface area contributed by atoms with Crippen LogP contribution in [0.2, 0.25) is 0 Å². The second kappa shape index (κ2) is 11.7. The van der Waals surface area contributed by atoms with E-state index in [1.165, 1.54) is 0 Å². The van der Waals surface area contributed by atoms with Crippen molar-refractivity contribution in [3.63, 3.8) is 0 Å². The van der Waals surface area contributed by atoms with Gasteiger partial charge in [0.15, 0.2) is 11.5 Å². The summed E-state index contributed by atoms with van der Waals surface area (Å²) in [7, 11) is 1.56. The number of nitriles is 1. The summed E-state index contributed by atoms with van der Waals surface area (Å²) in [5, 5.41) is 12.2. The molecule has 3 rings (SSSR count). The highest BCUT2D eigenvalue weighted by molar-refractivity contribution is 6.01. The Morgan fingerprint density at radius 3 is 2.68 bits per heavy atom. The standard InChI is InChI=1S/C24H27N3O4/c1-29-23-16-20(7-8-22(23)31-18-19-5-3-2-4-6-19)15-21(17-25)24(28)26-9-10-27-11-13-30-14-12-27/h2-8,15-16H,9-14,18H2,1H3,(H,26,28). The SMILES string of the molecule is COc1cc(C=C(C#N)C(=O)NCCN2CCOCC2)ccc1OCc1ccccc1. The first-order chi connectivity index (χ1) is 15.2. The quantitative estimate of drug-likeness (QED) is 0.495. The first-order valence-corrected chi connectivity index (χ1v) is 10.2. The van der Waals surface area contributed by atoms with E-state index in [9.17, 15) is 10.1 Å². The van der Waals surface area contributed by atoms with Gasteiger partial charge in [0.1, 0.15) is 18.2 Å². The number of nitrogens with zero attached hydrogens (tertiary/aromatic N) is 2. The number of amides is 1. The van der Waals surface area contributed by atoms with E-state index in [1.807, 2.05) is 36.4 Å². The minimum absolute atomic E-state index is 0.0435. The van der Waals surface area contributed by atoms with Crippen LogP contribution >= 0.6 is 0 Å². The molecule has 2 aromatic rings. The van der Waals surface area contributed by atoms with E-state index < -0.39 is 0 Å². The molecule has 1 aliphatic rings. The Balaban J connectivity index is 1.60. The molecule has 1 aliphatic heterocycles. The topological polar surface area (TPSA) is 83.8 Å². The maximum atomic E-state index is 12.4. The minimum Gasteiger partial charge on any atom is -0.493 e. The molecular formula is C24H27N3O4. The van der Waals surface area contributed by atoms with Crippen LogP contribution in [0.3, 0.4) is 0 Å². The molecule has 2 aromatic carbocycles. The predicted molar refractivity (Wildman–Crippen MR) is 118 cm³/mol. The molecule has 1 fully saturated rings. The number of methoxy groups -OCH3 is 1. The molecule has 31 heavy (non-hydrogen) atoms. The van der Waals surface area contributed by atoms with Gasteiger partial charge < -0.3 is 19.5 Å². The van der Waals surface area contributed by atoms with Gasteiger partial charge in [0.25, 0.3) is 5.91 Å². The van der Waals surface area contributed by atoms with Crippen LogP contribution in [-0.4, -0.2) is 57.3 Å². The fraction of sp³-hybridized carbons (Fsp3) is 0.333. The van der Waals surface area contributed by atoms with Gasteiger partial charge in [-0.05, 0) is 29.3 Å². The van der Waals surface area contributed by atoms with Crippen molar-refractivity contribution in [3.05, 3.63) is 65.2 Å². The molecule has 7 nitrogen and oxygen atoms in total. The van der Waals surface area contributed by atoms with Gasteiger partial charge in [0.2, 0.25) is 0 Å². The zero-order valence-corrected chi connectivity index (χ0v) is 17.7. The minimum atomic E-state index is -0.390. The molecule has 0 saturated carbocycles. The first-order valence-electron chi connectivity index (χ1n) is 10.2. The summed E-state index contributed by atoms with van der Waals surface area (Å²) in [6.45, 7) is 4.77. The maximum Gasteiger partial charge on any atom is 0.261 e. The lowest BCUT2D eigenvalue weighted by Crippen LogP contribution is -2.41. The number of ether oxygens (including phenoxy) is 3. The molecule has 0 spiro atoms. The molecule has 162 valence electrons. The van der Waals surface area contributed by atoms with Crippen molar-refractivity contribution in [2.45, 2.75) is 6.61 Å². The second-order valence-corrected chi connectivity index (χ2v) is 7.06. The van der Waals surface area contributed by atoms with Crippen LogP contribution in [0.5, 0.6) is 11.5 Å². The third-order valence-electron chi connectivity index (χ3n) is 4.92. The highest BCUT2D eigenvalue weighted by atomic mass is 16.5. The lowest BCUT2D eigenvalue weighted by molar-refractivity contribution is -0.117. The van der Waals surface area contributed by atoms with Crippen molar-refractivity contribution in [2.75, 3.05) is 46.5 Å². The average Bonchev–Trinajstić information content (AvgIpc) is 2.82. The molecule has 0 bridgehead atoms. The average molecular weight is 421 g/mol. The van der Waals surface area contributed by atoms with E-state index in [0.717, 1.165) is 25.2 Å². The Bertz CT molecular complexity index is 932. The predicted octanol–water partition coefficient (Wildman–Crippen LogP) is 2.63. The Hall–Kier alpha value is -3.34. The van der Waals surface area contributed by atoms with Crippen LogP contribution < -0.4 is 14.8 Å². The maximum absolute atomic E-state index is 12.4. The second-order valence-electron chi connectivity index (χ2n) is 7.06. The molecular weight excluding hydrogens is 394 g/mol. The smallest absolute Gasteiger partial charge is 0.261 e. The van der Waals surface area contributed by atoms with Crippen molar-refractivity contribution in [1.29, 1.82) is 5.26 Å². The third kappa shape index (κ3) is 6.85. The van der Waals surface area contributed by atoms with Gasteiger partial charge in [-0.1, -0.05) is 36.4 Å². The molecule has 1 saturated heterocycles. The number of benzene rings is 2. The normalized spacial score (nSPS) is 14.5. The van der Waals surface area contributed by atoms with Crippen LogP contribution in [0.15, 0.2) is 54.1 Å². The summed E-state index contributed by atoms with van der Waals surface area (Å²) < 4.78 is 16.6. The Labute approximate surface area is 182 Å². The number of hydrogen-bond donors (Lipinski definition) is 1. The molecule has 1 N–H and O–H groups in total. The van der Waals surface area contributed by atoms with Crippen LogP contribution in [0.4, 0.5) is 0 Å². The van der Waals surface area contributed by atoms with Gasteiger partial charge in [-0.3, -0.25) is 9.69 Å². The number of nitrogens with one attached hydrogen (secondary N) is 1. The summed E-state index contributed by atoms with van der Waals surface area (Å²) in [6, 6.07) is 17.1. The van der Waals surface area contributed by atoms with Gasteiger partial charge >= 0.3 is 0 Å². The van der Waals surface area contributed by atoms with E-state index in [4.69, 9.17) is 14.2 Å². The highest BCUT2D eigenvalue weighted by Crippen LogP contribution is 2.29. The molecule has 1 heterocycles. The fourth-order valence-electron chi connectivity index (χ4n) is 3.19. The summed E-state index contributed by atoms with van der Waals surface area (Å²) in [5.74, 6) is 0.741. The van der Waals surface area contributed by atoms with E-state index in [0.29, 0.717) is 43.4 Å². The monoisotopic (exact) mass is 421 g/mol. The Kier molecular flexibility index (Phi) is 8.47. The van der Waals surface area contributed by atoms with E-state index in [2.05, 4.69) is 10.2 Å². The van der Waals surface area contributed by atoms with Crippen LogP contribution in [0.1, 0.15) is 11.1 Å². The van der Waals surface area contributed by atoms with Gasteiger partial charge in [-0.25, -0.2) is 0 Å². The number of morpholine rings is 1. The zero-order valence-electron chi connectivity index (χ0n) is 17.7. The summed E-state index contributed by atoms with van der Waals surface area (Å²) >= 11 is 0. The lowest BCUT2D eigenvalue weighted by atomic mass is 10.1. The number of carbonyl (C=O) groups is 1. The van der Waals surface area contributed by atoms with Gasteiger partial charge in [-0.15, -0.1) is 0 Å². The zero-order chi connectivity index (χ0) is 21.9. The van der Waals surface area contributed by atoms with Crippen molar-refractivity contribution in [3.8, 4) is 17.6 Å². The van der Waals surface area contributed by atoms with Crippen molar-refractivity contribution < 1.29 is 19.0 Å². The van der Waals surface area contributed by atoms with Gasteiger partial charge in [-0.2, -0.15) is 5.26 Å². The van der Waals surface area contributed by atoms with Crippen LogP contribution in [0, 0.1) is 11.3 Å². The largest absolute Gasteiger partial charge is 0.493 e. The molecule has 1 amide bonds.